The highest BCUT2D eigenvalue weighted by Gasteiger charge is 2.23. The number of nitrogens with zero attached hydrogens (tertiary/aromatic N) is 4. The minimum Gasteiger partial charge on any atom is -0.331 e. The van der Waals surface area contributed by atoms with Crippen LogP contribution < -0.4 is 5.32 Å². The molecule has 1 N–H and O–H groups in total. The summed E-state index contributed by atoms with van der Waals surface area (Å²) in [6, 6.07) is 9.69. The molecule has 0 saturated carbocycles. The zero-order chi connectivity index (χ0) is 21.8. The summed E-state index contributed by atoms with van der Waals surface area (Å²) in [5.41, 5.74) is 2.71. The van der Waals surface area contributed by atoms with Crippen LogP contribution in [0.1, 0.15) is 45.4 Å². The van der Waals surface area contributed by atoms with Crippen LogP contribution >= 0.6 is 0 Å². The zero-order valence-corrected chi connectivity index (χ0v) is 18.6. The fraction of sp³-hybridized carbons (Fsp3) is 0.500. The first-order valence-electron chi connectivity index (χ1n) is 9.96. The Hall–Kier alpha value is -2.83. The molecule has 0 aliphatic carbocycles. The van der Waals surface area contributed by atoms with E-state index >= 15 is 0 Å². The summed E-state index contributed by atoms with van der Waals surface area (Å²) < 4.78 is 1.75. The second kappa shape index (κ2) is 9.11. The molecule has 2 rings (SSSR count). The van der Waals surface area contributed by atoms with Crippen molar-refractivity contribution >= 4 is 17.8 Å². The molecule has 1 aromatic carbocycles. The second-order valence-corrected chi connectivity index (χ2v) is 8.56. The van der Waals surface area contributed by atoms with E-state index in [0.717, 1.165) is 23.4 Å². The molecular weight excluding hydrogens is 366 g/mol. The van der Waals surface area contributed by atoms with E-state index in [2.05, 4.69) is 26.1 Å². The van der Waals surface area contributed by atoms with E-state index in [9.17, 15) is 9.59 Å². The molecule has 0 unspecified atom stereocenters. The first-order chi connectivity index (χ1) is 13.5. The van der Waals surface area contributed by atoms with Gasteiger partial charge in [-0.25, -0.2) is 9.48 Å². The van der Waals surface area contributed by atoms with Crippen LogP contribution in [0, 0.1) is 6.92 Å². The molecule has 0 aliphatic rings. The summed E-state index contributed by atoms with van der Waals surface area (Å²) in [5.74, 6) is 0.349. The summed E-state index contributed by atoms with van der Waals surface area (Å²) in [6.07, 6.45) is 0.780. The van der Waals surface area contributed by atoms with Crippen LogP contribution in [0.15, 0.2) is 30.3 Å². The predicted molar refractivity (Wildman–Crippen MR) is 117 cm³/mol. The number of benzene rings is 1. The van der Waals surface area contributed by atoms with Crippen LogP contribution in [-0.4, -0.2) is 58.7 Å². The van der Waals surface area contributed by atoms with Gasteiger partial charge in [0.15, 0.2) is 0 Å². The molecule has 7 heteroatoms. The number of carbonyl (C=O) groups excluding carboxylic acids is 2. The molecule has 3 amide bonds. The monoisotopic (exact) mass is 399 g/mol. The first-order valence-corrected chi connectivity index (χ1v) is 9.96. The molecule has 29 heavy (non-hydrogen) atoms. The molecule has 0 aliphatic heterocycles. The van der Waals surface area contributed by atoms with Gasteiger partial charge in [0.25, 0.3) is 0 Å². The van der Waals surface area contributed by atoms with Crippen molar-refractivity contribution in [3.05, 3.63) is 41.6 Å². The minimum absolute atomic E-state index is 0.00526. The van der Waals surface area contributed by atoms with Gasteiger partial charge in [-0.2, -0.15) is 5.10 Å². The molecule has 0 spiro atoms. The minimum atomic E-state index is -0.247. The third-order valence-electron chi connectivity index (χ3n) is 4.47. The van der Waals surface area contributed by atoms with Crippen LogP contribution in [-0.2, 0) is 10.2 Å². The fourth-order valence-electron chi connectivity index (χ4n) is 2.94. The van der Waals surface area contributed by atoms with Crippen molar-refractivity contribution in [2.75, 3.05) is 32.5 Å². The number of carbonyl (C=O) groups is 2. The number of amides is 3. The maximum absolute atomic E-state index is 12.8. The SMILES string of the molecule is CCCN(CC(=O)Nc1cc(C(C)(C)C)nn1-c1cccc(C)c1)C(=O)N(C)C. The van der Waals surface area contributed by atoms with Gasteiger partial charge >= 0.3 is 6.03 Å². The predicted octanol–water partition coefficient (Wildman–Crippen LogP) is 3.81. The van der Waals surface area contributed by atoms with Crippen molar-refractivity contribution in [2.24, 2.45) is 0 Å². The average Bonchev–Trinajstić information content (AvgIpc) is 3.04. The van der Waals surface area contributed by atoms with Crippen LogP contribution in [0.25, 0.3) is 5.69 Å². The third-order valence-corrected chi connectivity index (χ3v) is 4.47. The Morgan fingerprint density at radius 3 is 2.41 bits per heavy atom. The molecule has 0 saturated heterocycles. The number of nitrogens with one attached hydrogen (secondary N) is 1. The highest BCUT2D eigenvalue weighted by atomic mass is 16.2. The molecule has 0 atom stereocenters. The molecule has 0 bridgehead atoms. The van der Waals surface area contributed by atoms with Crippen molar-refractivity contribution in [3.63, 3.8) is 0 Å². The largest absolute Gasteiger partial charge is 0.331 e. The molecule has 2 aromatic rings. The molecular formula is C22H33N5O2. The van der Waals surface area contributed by atoms with Crippen LogP contribution in [0.5, 0.6) is 0 Å². The van der Waals surface area contributed by atoms with E-state index in [1.165, 1.54) is 4.90 Å². The van der Waals surface area contributed by atoms with E-state index < -0.39 is 0 Å². The number of aromatic nitrogens is 2. The van der Waals surface area contributed by atoms with Crippen molar-refractivity contribution in [1.82, 2.24) is 19.6 Å². The van der Waals surface area contributed by atoms with Gasteiger partial charge in [0.05, 0.1) is 11.4 Å². The van der Waals surface area contributed by atoms with Crippen LogP contribution in [0.2, 0.25) is 0 Å². The molecule has 158 valence electrons. The van der Waals surface area contributed by atoms with Crippen LogP contribution in [0.3, 0.4) is 0 Å². The highest BCUT2D eigenvalue weighted by molar-refractivity contribution is 5.94. The van der Waals surface area contributed by atoms with Crippen molar-refractivity contribution in [2.45, 2.75) is 46.5 Å². The topological polar surface area (TPSA) is 70.5 Å². The number of rotatable bonds is 6. The van der Waals surface area contributed by atoms with E-state index in [1.807, 2.05) is 44.2 Å². The van der Waals surface area contributed by atoms with Gasteiger partial charge in [-0.1, -0.05) is 39.8 Å². The van der Waals surface area contributed by atoms with Gasteiger partial charge in [-0.05, 0) is 31.0 Å². The Labute approximate surface area is 173 Å². The summed E-state index contributed by atoms with van der Waals surface area (Å²) >= 11 is 0. The van der Waals surface area contributed by atoms with Gasteiger partial charge in [0, 0.05) is 32.1 Å². The lowest BCUT2D eigenvalue weighted by Gasteiger charge is -2.25. The standard InChI is InChI=1S/C22H33N5O2/c1-8-12-26(21(29)25(6)7)15-20(28)23-19-14-18(22(3,4)5)24-27(19)17-11-9-10-16(2)13-17/h9-11,13-14H,8,12,15H2,1-7H3,(H,23,28). The maximum Gasteiger partial charge on any atom is 0.319 e. The summed E-state index contributed by atoms with van der Waals surface area (Å²) in [4.78, 5) is 28.1. The van der Waals surface area contributed by atoms with Gasteiger partial charge in [-0.3, -0.25) is 4.79 Å². The highest BCUT2D eigenvalue weighted by Crippen LogP contribution is 2.26. The van der Waals surface area contributed by atoms with Gasteiger partial charge < -0.3 is 15.1 Å². The molecule has 0 fully saturated rings. The fourth-order valence-corrected chi connectivity index (χ4v) is 2.94. The maximum atomic E-state index is 12.8. The summed E-state index contributed by atoms with van der Waals surface area (Å²) in [7, 11) is 3.37. The molecule has 1 aromatic heterocycles. The average molecular weight is 400 g/mol. The van der Waals surface area contributed by atoms with E-state index in [0.29, 0.717) is 12.4 Å². The lowest BCUT2D eigenvalue weighted by Crippen LogP contribution is -2.43. The van der Waals surface area contributed by atoms with Crippen molar-refractivity contribution < 1.29 is 9.59 Å². The van der Waals surface area contributed by atoms with E-state index in [-0.39, 0.29) is 23.9 Å². The lowest BCUT2D eigenvalue weighted by atomic mass is 9.92. The summed E-state index contributed by atoms with van der Waals surface area (Å²) in [6.45, 7) is 10.8. The molecule has 0 radical (unpaired) electrons. The van der Waals surface area contributed by atoms with Gasteiger partial charge in [0.1, 0.15) is 12.4 Å². The van der Waals surface area contributed by atoms with Gasteiger partial charge in [-0.15, -0.1) is 0 Å². The van der Waals surface area contributed by atoms with Crippen molar-refractivity contribution in [1.29, 1.82) is 0 Å². The Morgan fingerprint density at radius 1 is 1.17 bits per heavy atom. The summed E-state index contributed by atoms with van der Waals surface area (Å²) in [5, 5.41) is 7.69. The number of hydrogen-bond donors (Lipinski definition) is 1. The second-order valence-electron chi connectivity index (χ2n) is 8.56. The number of aryl methyl sites for hydroxylation is 1. The molecule has 7 nitrogen and oxygen atoms in total. The number of urea groups is 1. The van der Waals surface area contributed by atoms with E-state index in [4.69, 9.17) is 5.10 Å². The zero-order valence-electron chi connectivity index (χ0n) is 18.6. The Kier molecular flexibility index (Phi) is 7.06. The Balaban J connectivity index is 2.32. The number of hydrogen-bond acceptors (Lipinski definition) is 3. The number of anilines is 1. The quantitative estimate of drug-likeness (QED) is 0.803. The molecule has 1 heterocycles. The first kappa shape index (κ1) is 22.5. The Morgan fingerprint density at radius 2 is 1.86 bits per heavy atom. The normalized spacial score (nSPS) is 11.3. The Bertz CT molecular complexity index is 864. The lowest BCUT2D eigenvalue weighted by molar-refractivity contribution is -0.116. The third kappa shape index (κ3) is 5.82. The van der Waals surface area contributed by atoms with Crippen LogP contribution in [0.4, 0.5) is 10.6 Å². The van der Waals surface area contributed by atoms with Gasteiger partial charge in [0.2, 0.25) is 5.91 Å². The van der Waals surface area contributed by atoms with E-state index in [1.54, 1.807) is 23.7 Å². The van der Waals surface area contributed by atoms with Crippen molar-refractivity contribution in [3.8, 4) is 5.69 Å². The smallest absolute Gasteiger partial charge is 0.319 e.